The van der Waals surface area contributed by atoms with E-state index in [9.17, 15) is 4.39 Å². The van der Waals surface area contributed by atoms with Crippen LogP contribution in [0.1, 0.15) is 17.5 Å². The Balaban J connectivity index is 2.09. The normalized spacial score (nSPS) is 20.4. The average molecular weight is 234 g/mol. The Bertz CT molecular complexity index is 442. The smallest absolute Gasteiger partial charge is 0.123 e. The van der Waals surface area contributed by atoms with E-state index in [1.165, 1.54) is 18.2 Å². The fourth-order valence-corrected chi connectivity index (χ4v) is 2.18. The predicted octanol–water partition coefficient (Wildman–Crippen LogP) is 1.92. The van der Waals surface area contributed by atoms with Crippen molar-refractivity contribution in [3.8, 4) is 6.07 Å². The minimum atomic E-state index is -0.290. The third kappa shape index (κ3) is 2.82. The highest BCUT2D eigenvalue weighted by molar-refractivity contribution is 5.37. The first-order valence-electron chi connectivity index (χ1n) is 5.66. The van der Waals surface area contributed by atoms with Crippen LogP contribution in [0, 0.1) is 17.1 Å². The van der Waals surface area contributed by atoms with E-state index in [4.69, 9.17) is 10.00 Å². The zero-order valence-electron chi connectivity index (χ0n) is 9.82. The highest BCUT2D eigenvalue weighted by Gasteiger charge is 2.22. The summed E-state index contributed by atoms with van der Waals surface area (Å²) in [6.07, 6.45) is 1.25. The molecule has 1 atom stereocenters. The number of hydrogen-bond acceptors (Lipinski definition) is 3. The molecule has 3 nitrogen and oxygen atoms in total. The number of nitriles is 1. The number of rotatable bonds is 3. The quantitative estimate of drug-likeness (QED) is 0.801. The lowest BCUT2D eigenvalue weighted by Gasteiger charge is -2.16. The number of methoxy groups -OCH3 is 1. The molecule has 0 aliphatic carbocycles. The molecule has 1 aromatic rings. The van der Waals surface area contributed by atoms with Crippen molar-refractivity contribution in [2.45, 2.75) is 19.1 Å². The number of likely N-dealkylation sites (tertiary alicyclic amines) is 1. The molecule has 0 aromatic heterocycles. The molecule has 1 fully saturated rings. The van der Waals surface area contributed by atoms with Gasteiger partial charge in [0.15, 0.2) is 0 Å². The van der Waals surface area contributed by atoms with Crippen LogP contribution in [0.3, 0.4) is 0 Å². The van der Waals surface area contributed by atoms with Gasteiger partial charge in [0.2, 0.25) is 0 Å². The molecule has 1 aliphatic heterocycles. The second kappa shape index (κ2) is 5.26. The molecule has 1 aromatic carbocycles. The predicted molar refractivity (Wildman–Crippen MR) is 61.8 cm³/mol. The highest BCUT2D eigenvalue weighted by Crippen LogP contribution is 2.18. The van der Waals surface area contributed by atoms with Gasteiger partial charge in [0, 0.05) is 26.7 Å². The van der Waals surface area contributed by atoms with E-state index < -0.39 is 0 Å². The lowest BCUT2D eigenvalue weighted by atomic mass is 10.1. The monoisotopic (exact) mass is 234 g/mol. The van der Waals surface area contributed by atoms with Crippen molar-refractivity contribution in [1.29, 1.82) is 5.26 Å². The Morgan fingerprint density at radius 2 is 2.41 bits per heavy atom. The van der Waals surface area contributed by atoms with Crippen LogP contribution in [-0.4, -0.2) is 31.2 Å². The number of benzene rings is 1. The summed E-state index contributed by atoms with van der Waals surface area (Å²) in [6, 6.07) is 6.40. The van der Waals surface area contributed by atoms with Gasteiger partial charge in [-0.15, -0.1) is 0 Å². The van der Waals surface area contributed by atoms with Crippen LogP contribution in [0.4, 0.5) is 4.39 Å². The molecule has 1 heterocycles. The number of nitrogens with zero attached hydrogens (tertiary/aromatic N) is 2. The van der Waals surface area contributed by atoms with Crippen LogP contribution in [-0.2, 0) is 11.3 Å². The minimum Gasteiger partial charge on any atom is -0.380 e. The Morgan fingerprint density at radius 1 is 1.59 bits per heavy atom. The lowest BCUT2D eigenvalue weighted by Crippen LogP contribution is -2.22. The largest absolute Gasteiger partial charge is 0.380 e. The molecule has 0 saturated carbocycles. The van der Waals surface area contributed by atoms with Gasteiger partial charge in [-0.25, -0.2) is 4.39 Å². The Kier molecular flexibility index (Phi) is 3.72. The molecule has 0 radical (unpaired) electrons. The third-order valence-corrected chi connectivity index (χ3v) is 3.14. The Labute approximate surface area is 100 Å². The fourth-order valence-electron chi connectivity index (χ4n) is 2.18. The second-order valence-corrected chi connectivity index (χ2v) is 4.29. The van der Waals surface area contributed by atoms with Gasteiger partial charge in [-0.05, 0) is 30.2 Å². The molecule has 0 amide bonds. The summed E-state index contributed by atoms with van der Waals surface area (Å²) in [5, 5.41) is 8.97. The van der Waals surface area contributed by atoms with Crippen LogP contribution in [0.2, 0.25) is 0 Å². The van der Waals surface area contributed by atoms with Crippen molar-refractivity contribution in [3.05, 3.63) is 35.1 Å². The molecule has 17 heavy (non-hydrogen) atoms. The maximum Gasteiger partial charge on any atom is 0.123 e. The van der Waals surface area contributed by atoms with Gasteiger partial charge in [0.05, 0.1) is 17.7 Å². The van der Waals surface area contributed by atoms with E-state index in [1.54, 1.807) is 7.11 Å². The van der Waals surface area contributed by atoms with E-state index in [1.807, 2.05) is 0 Å². The first-order valence-corrected chi connectivity index (χ1v) is 5.66. The Morgan fingerprint density at radius 3 is 3.06 bits per heavy atom. The summed E-state index contributed by atoms with van der Waals surface area (Å²) < 4.78 is 18.4. The van der Waals surface area contributed by atoms with Gasteiger partial charge in [-0.3, -0.25) is 4.90 Å². The maximum absolute atomic E-state index is 13.1. The van der Waals surface area contributed by atoms with Crippen LogP contribution < -0.4 is 0 Å². The van der Waals surface area contributed by atoms with E-state index >= 15 is 0 Å². The van der Waals surface area contributed by atoms with Gasteiger partial charge in [0.25, 0.3) is 0 Å². The van der Waals surface area contributed by atoms with E-state index in [0.717, 1.165) is 25.1 Å². The zero-order valence-corrected chi connectivity index (χ0v) is 9.82. The van der Waals surface area contributed by atoms with E-state index in [0.29, 0.717) is 12.1 Å². The zero-order chi connectivity index (χ0) is 12.3. The molecular weight excluding hydrogens is 219 g/mol. The summed E-state index contributed by atoms with van der Waals surface area (Å²) in [4.78, 5) is 2.18. The second-order valence-electron chi connectivity index (χ2n) is 4.29. The lowest BCUT2D eigenvalue weighted by molar-refractivity contribution is 0.107. The van der Waals surface area contributed by atoms with Crippen molar-refractivity contribution < 1.29 is 9.13 Å². The number of hydrogen-bond donors (Lipinski definition) is 0. The molecule has 2 rings (SSSR count). The first kappa shape index (κ1) is 12.0. The number of ether oxygens (including phenoxy) is 1. The SMILES string of the molecule is COC1CCN(Cc2cc(F)ccc2C#N)C1. The molecule has 1 aliphatic rings. The van der Waals surface area contributed by atoms with Gasteiger partial charge in [-0.1, -0.05) is 0 Å². The van der Waals surface area contributed by atoms with Crippen molar-refractivity contribution in [2.75, 3.05) is 20.2 Å². The molecule has 0 spiro atoms. The van der Waals surface area contributed by atoms with Crippen molar-refractivity contribution in [2.24, 2.45) is 0 Å². The standard InChI is InChI=1S/C13H15FN2O/c1-17-13-4-5-16(9-13)8-11-6-12(14)3-2-10(11)7-15/h2-3,6,13H,4-5,8-9H2,1H3. The first-order chi connectivity index (χ1) is 8.22. The molecular formula is C13H15FN2O. The molecule has 0 N–H and O–H groups in total. The third-order valence-electron chi connectivity index (χ3n) is 3.14. The molecule has 90 valence electrons. The van der Waals surface area contributed by atoms with Gasteiger partial charge < -0.3 is 4.74 Å². The maximum atomic E-state index is 13.1. The van der Waals surface area contributed by atoms with E-state index in [-0.39, 0.29) is 11.9 Å². The van der Waals surface area contributed by atoms with E-state index in [2.05, 4.69) is 11.0 Å². The summed E-state index contributed by atoms with van der Waals surface area (Å²) in [7, 11) is 1.71. The van der Waals surface area contributed by atoms with Crippen molar-refractivity contribution in [3.63, 3.8) is 0 Å². The van der Waals surface area contributed by atoms with Crippen LogP contribution >= 0.6 is 0 Å². The van der Waals surface area contributed by atoms with Crippen LogP contribution in [0.25, 0.3) is 0 Å². The molecule has 0 bridgehead atoms. The number of halogens is 1. The summed E-state index contributed by atoms with van der Waals surface area (Å²) in [5.41, 5.74) is 1.30. The topological polar surface area (TPSA) is 36.3 Å². The van der Waals surface area contributed by atoms with Gasteiger partial charge >= 0.3 is 0 Å². The molecule has 1 unspecified atom stereocenters. The molecule has 4 heteroatoms. The summed E-state index contributed by atoms with van der Waals surface area (Å²) >= 11 is 0. The average Bonchev–Trinajstić information content (AvgIpc) is 2.77. The van der Waals surface area contributed by atoms with Crippen molar-refractivity contribution in [1.82, 2.24) is 4.90 Å². The summed E-state index contributed by atoms with van der Waals surface area (Å²) in [5.74, 6) is -0.290. The van der Waals surface area contributed by atoms with Gasteiger partial charge in [0.1, 0.15) is 5.82 Å². The summed E-state index contributed by atoms with van der Waals surface area (Å²) in [6.45, 7) is 2.39. The molecule has 1 saturated heterocycles. The van der Waals surface area contributed by atoms with Crippen LogP contribution in [0.15, 0.2) is 18.2 Å². The van der Waals surface area contributed by atoms with Gasteiger partial charge in [-0.2, -0.15) is 5.26 Å². The van der Waals surface area contributed by atoms with Crippen LogP contribution in [0.5, 0.6) is 0 Å². The minimum absolute atomic E-state index is 0.258. The highest BCUT2D eigenvalue weighted by atomic mass is 19.1. The fraction of sp³-hybridized carbons (Fsp3) is 0.462. The van der Waals surface area contributed by atoms with Crippen molar-refractivity contribution >= 4 is 0 Å². The Hall–Kier alpha value is -1.44.